The number of hydrogen-bond donors (Lipinski definition) is 0. The highest BCUT2D eigenvalue weighted by Crippen LogP contribution is 2.29. The third kappa shape index (κ3) is 3.34. The number of pyridine rings is 1. The molecule has 1 aromatic rings. The Hall–Kier alpha value is -0.310. The molecule has 2 nitrogen and oxygen atoms in total. The molecule has 0 aromatic carbocycles. The van der Waals surface area contributed by atoms with Crippen LogP contribution in [0.5, 0.6) is 0 Å². The first kappa shape index (κ1) is 12.2. The molecule has 0 unspecified atom stereocenters. The van der Waals surface area contributed by atoms with Gasteiger partial charge in [-0.3, -0.25) is 0 Å². The van der Waals surface area contributed by atoms with Gasteiger partial charge in [0.05, 0.1) is 11.6 Å². The van der Waals surface area contributed by atoms with E-state index >= 15 is 0 Å². The van der Waals surface area contributed by atoms with Crippen LogP contribution in [0.15, 0.2) is 12.3 Å². The summed E-state index contributed by atoms with van der Waals surface area (Å²) in [7, 11) is 0. The quantitative estimate of drug-likeness (QED) is 0.587. The summed E-state index contributed by atoms with van der Waals surface area (Å²) in [5, 5.41) is 1.05. The molecule has 1 saturated carbocycles. The molecular weight excluding hydrogens is 245 g/mol. The summed E-state index contributed by atoms with van der Waals surface area (Å²) in [4.78, 5) is 3.98. The smallest absolute Gasteiger partial charge is 0.130 e. The fourth-order valence-electron chi connectivity index (χ4n) is 1.76. The zero-order chi connectivity index (χ0) is 11.4. The Morgan fingerprint density at radius 2 is 2.19 bits per heavy atom. The van der Waals surface area contributed by atoms with Crippen LogP contribution in [0.2, 0.25) is 10.2 Å². The second kappa shape index (κ2) is 5.85. The van der Waals surface area contributed by atoms with E-state index in [4.69, 9.17) is 27.9 Å². The summed E-state index contributed by atoms with van der Waals surface area (Å²) in [6, 6.07) is 1.65. The first-order valence-electron chi connectivity index (χ1n) is 5.63. The van der Waals surface area contributed by atoms with Crippen molar-refractivity contribution >= 4 is 23.2 Å². The summed E-state index contributed by atoms with van der Waals surface area (Å²) in [5.74, 6) is 0.888. The van der Waals surface area contributed by atoms with E-state index in [1.54, 1.807) is 12.3 Å². The molecule has 0 radical (unpaired) electrons. The van der Waals surface area contributed by atoms with Crippen molar-refractivity contribution in [1.82, 2.24) is 4.98 Å². The third-order valence-corrected chi connectivity index (χ3v) is 3.61. The minimum absolute atomic E-state index is 0.420. The van der Waals surface area contributed by atoms with Crippen molar-refractivity contribution < 1.29 is 4.74 Å². The van der Waals surface area contributed by atoms with Crippen LogP contribution in [0.1, 0.15) is 31.2 Å². The van der Waals surface area contributed by atoms with Gasteiger partial charge in [-0.05, 0) is 18.4 Å². The minimum atomic E-state index is 0.420. The van der Waals surface area contributed by atoms with E-state index < -0.39 is 0 Å². The Morgan fingerprint density at radius 3 is 2.81 bits per heavy atom. The molecule has 0 N–H and O–H groups in total. The molecule has 0 spiro atoms. The van der Waals surface area contributed by atoms with E-state index in [0.717, 1.165) is 18.1 Å². The second-order valence-corrected chi connectivity index (χ2v) is 5.03. The molecular formula is C12H15Cl2NO. The van der Waals surface area contributed by atoms with Gasteiger partial charge in [0.2, 0.25) is 0 Å². The van der Waals surface area contributed by atoms with Crippen LogP contribution in [0.4, 0.5) is 0 Å². The van der Waals surface area contributed by atoms with Crippen LogP contribution >= 0.6 is 23.2 Å². The van der Waals surface area contributed by atoms with Gasteiger partial charge in [0.1, 0.15) is 5.15 Å². The molecule has 88 valence electrons. The first-order valence-corrected chi connectivity index (χ1v) is 6.39. The van der Waals surface area contributed by atoms with E-state index in [9.17, 15) is 0 Å². The highest BCUT2D eigenvalue weighted by molar-refractivity contribution is 6.34. The van der Waals surface area contributed by atoms with Gasteiger partial charge in [0, 0.05) is 18.4 Å². The molecule has 0 bridgehead atoms. The summed E-state index contributed by atoms with van der Waals surface area (Å²) in [6.45, 7) is 1.33. The van der Waals surface area contributed by atoms with Crippen molar-refractivity contribution in [3.63, 3.8) is 0 Å². The zero-order valence-electron chi connectivity index (χ0n) is 9.09. The van der Waals surface area contributed by atoms with Gasteiger partial charge in [-0.1, -0.05) is 42.5 Å². The van der Waals surface area contributed by atoms with Gasteiger partial charge >= 0.3 is 0 Å². The number of hydrogen-bond acceptors (Lipinski definition) is 2. The van der Waals surface area contributed by atoms with Crippen LogP contribution in [0, 0.1) is 5.92 Å². The predicted molar refractivity (Wildman–Crippen MR) is 65.9 cm³/mol. The predicted octanol–water partition coefficient (Wildman–Crippen LogP) is 4.10. The van der Waals surface area contributed by atoms with Crippen LogP contribution in [0.3, 0.4) is 0 Å². The lowest BCUT2D eigenvalue weighted by Gasteiger charge is -2.24. The summed E-state index contributed by atoms with van der Waals surface area (Å²) in [5.41, 5.74) is 0.902. The van der Waals surface area contributed by atoms with Gasteiger partial charge in [0.15, 0.2) is 0 Å². The number of rotatable bonds is 5. The van der Waals surface area contributed by atoms with Gasteiger partial charge in [-0.2, -0.15) is 0 Å². The van der Waals surface area contributed by atoms with Crippen LogP contribution in [-0.2, 0) is 11.3 Å². The monoisotopic (exact) mass is 259 g/mol. The van der Waals surface area contributed by atoms with E-state index in [-0.39, 0.29) is 0 Å². The normalized spacial score (nSPS) is 16.1. The van der Waals surface area contributed by atoms with Crippen molar-refractivity contribution in [2.24, 2.45) is 5.92 Å². The fraction of sp³-hybridized carbons (Fsp3) is 0.583. The highest BCUT2D eigenvalue weighted by Gasteiger charge is 2.16. The van der Waals surface area contributed by atoms with E-state index in [0.29, 0.717) is 16.8 Å². The molecule has 16 heavy (non-hydrogen) atoms. The van der Waals surface area contributed by atoms with Crippen molar-refractivity contribution in [3.05, 3.63) is 28.0 Å². The minimum Gasteiger partial charge on any atom is -0.377 e. The molecule has 0 atom stereocenters. The number of halogens is 2. The lowest BCUT2D eigenvalue weighted by Crippen LogP contribution is -2.13. The van der Waals surface area contributed by atoms with Gasteiger partial charge in [0.25, 0.3) is 0 Å². The van der Waals surface area contributed by atoms with Crippen LogP contribution in [-0.4, -0.2) is 11.6 Å². The Bertz CT molecular complexity index is 353. The SMILES string of the molecule is Clc1cc(Cl)c(COCCC2CCC2)cn1. The lowest BCUT2D eigenvalue weighted by atomic mass is 9.83. The number of aromatic nitrogens is 1. The first-order chi connectivity index (χ1) is 7.75. The maximum Gasteiger partial charge on any atom is 0.130 e. The van der Waals surface area contributed by atoms with E-state index in [2.05, 4.69) is 4.98 Å². The third-order valence-electron chi connectivity index (χ3n) is 3.05. The summed E-state index contributed by atoms with van der Waals surface area (Å²) < 4.78 is 5.58. The van der Waals surface area contributed by atoms with E-state index in [1.807, 2.05) is 0 Å². The van der Waals surface area contributed by atoms with Crippen LogP contribution in [0.25, 0.3) is 0 Å². The van der Waals surface area contributed by atoms with Crippen molar-refractivity contribution in [2.75, 3.05) is 6.61 Å². The molecule has 0 saturated heterocycles. The molecule has 0 aliphatic heterocycles. The van der Waals surface area contributed by atoms with Crippen molar-refractivity contribution in [1.29, 1.82) is 0 Å². The number of ether oxygens (including phenoxy) is 1. The Morgan fingerprint density at radius 1 is 1.38 bits per heavy atom. The Balaban J connectivity index is 1.71. The molecule has 1 aliphatic carbocycles. The summed E-state index contributed by atoms with van der Waals surface area (Å²) >= 11 is 11.7. The average Bonchev–Trinajstić information content (AvgIpc) is 2.18. The van der Waals surface area contributed by atoms with Gasteiger partial charge < -0.3 is 4.74 Å². The standard InChI is InChI=1S/C12H15Cl2NO/c13-11-6-12(14)15-7-10(11)8-16-5-4-9-2-1-3-9/h6-7,9H,1-5,8H2. The van der Waals surface area contributed by atoms with Crippen molar-refractivity contribution in [3.8, 4) is 0 Å². The maximum absolute atomic E-state index is 6.01. The van der Waals surface area contributed by atoms with E-state index in [1.165, 1.54) is 25.7 Å². The Kier molecular flexibility index (Phi) is 4.45. The molecule has 1 aromatic heterocycles. The molecule has 0 amide bonds. The molecule has 1 fully saturated rings. The summed E-state index contributed by atoms with van der Waals surface area (Å²) in [6.07, 6.45) is 6.96. The largest absolute Gasteiger partial charge is 0.377 e. The maximum atomic E-state index is 6.01. The topological polar surface area (TPSA) is 22.1 Å². The Labute approximate surface area is 106 Å². The molecule has 1 aliphatic rings. The van der Waals surface area contributed by atoms with Gasteiger partial charge in [-0.15, -0.1) is 0 Å². The number of nitrogens with zero attached hydrogens (tertiary/aromatic N) is 1. The molecule has 1 heterocycles. The highest BCUT2D eigenvalue weighted by atomic mass is 35.5. The molecule has 4 heteroatoms. The zero-order valence-corrected chi connectivity index (χ0v) is 10.6. The van der Waals surface area contributed by atoms with Crippen LogP contribution < -0.4 is 0 Å². The fourth-order valence-corrected chi connectivity index (χ4v) is 2.18. The molecule has 2 rings (SSSR count). The van der Waals surface area contributed by atoms with Crippen molar-refractivity contribution in [2.45, 2.75) is 32.3 Å². The van der Waals surface area contributed by atoms with Gasteiger partial charge in [-0.25, -0.2) is 4.98 Å². The lowest BCUT2D eigenvalue weighted by molar-refractivity contribution is 0.0949. The second-order valence-electron chi connectivity index (χ2n) is 4.24. The average molecular weight is 260 g/mol.